The van der Waals surface area contributed by atoms with Crippen LogP contribution in [0.15, 0.2) is 72.8 Å². The van der Waals surface area contributed by atoms with Crippen molar-refractivity contribution in [2.75, 3.05) is 0 Å². The maximum absolute atomic E-state index is 13.1. The van der Waals surface area contributed by atoms with Crippen LogP contribution in [0.3, 0.4) is 0 Å². The van der Waals surface area contributed by atoms with Gasteiger partial charge in [0.05, 0.1) is 6.04 Å². The Labute approximate surface area is 188 Å². The van der Waals surface area contributed by atoms with Gasteiger partial charge < -0.3 is 20.5 Å². The lowest BCUT2D eigenvalue weighted by Gasteiger charge is -2.25. The summed E-state index contributed by atoms with van der Waals surface area (Å²) in [7, 11) is 0. The van der Waals surface area contributed by atoms with E-state index < -0.39 is 35.7 Å². The topological polar surface area (TPSA) is 105 Å². The number of nitrogens with one attached hydrogen (secondary N) is 2. The summed E-state index contributed by atoms with van der Waals surface area (Å²) in [5, 5.41) is 14.5. The largest absolute Gasteiger partial charge is 0.478 e. The Bertz CT molecular complexity index is 920. The highest BCUT2D eigenvalue weighted by molar-refractivity contribution is 5.86. The van der Waals surface area contributed by atoms with Gasteiger partial charge in [-0.25, -0.2) is 9.59 Å². The molecule has 0 fully saturated rings. The van der Waals surface area contributed by atoms with E-state index in [1.807, 2.05) is 60.7 Å². The van der Waals surface area contributed by atoms with Gasteiger partial charge in [0.1, 0.15) is 11.6 Å². The lowest BCUT2D eigenvalue weighted by molar-refractivity contribution is -0.131. The average molecular weight is 439 g/mol. The zero-order valence-corrected chi connectivity index (χ0v) is 18.6. The van der Waals surface area contributed by atoms with Gasteiger partial charge in [0, 0.05) is 12.5 Å². The summed E-state index contributed by atoms with van der Waals surface area (Å²) in [6.45, 7) is 5.22. The summed E-state index contributed by atoms with van der Waals surface area (Å²) in [6.07, 6.45) is 2.39. The van der Waals surface area contributed by atoms with Crippen LogP contribution in [0.4, 0.5) is 4.79 Å². The van der Waals surface area contributed by atoms with Crippen LogP contribution in [0, 0.1) is 0 Å². The minimum atomic E-state index is -1.11. The molecule has 0 aliphatic rings. The summed E-state index contributed by atoms with van der Waals surface area (Å²) in [4.78, 5) is 36.5. The van der Waals surface area contributed by atoms with E-state index in [1.165, 1.54) is 6.08 Å². The van der Waals surface area contributed by atoms with E-state index in [4.69, 9.17) is 9.84 Å². The first kappa shape index (κ1) is 24.7. The molecule has 3 N–H and O–H groups in total. The molecule has 0 aliphatic heterocycles. The fraction of sp³-hybridized carbons (Fsp3) is 0.320. The van der Waals surface area contributed by atoms with E-state index in [0.717, 1.165) is 17.2 Å². The molecule has 2 rings (SSSR count). The van der Waals surface area contributed by atoms with Crippen molar-refractivity contribution in [2.24, 2.45) is 0 Å². The Kier molecular flexibility index (Phi) is 9.01. The molecule has 2 atom stereocenters. The van der Waals surface area contributed by atoms with E-state index in [2.05, 4.69) is 10.6 Å². The van der Waals surface area contributed by atoms with Crippen LogP contribution in [0.25, 0.3) is 0 Å². The van der Waals surface area contributed by atoms with Crippen LogP contribution in [0.2, 0.25) is 0 Å². The smallest absolute Gasteiger partial charge is 0.408 e. The first-order valence-electron chi connectivity index (χ1n) is 10.4. The van der Waals surface area contributed by atoms with Crippen LogP contribution in [-0.4, -0.2) is 40.8 Å². The molecule has 32 heavy (non-hydrogen) atoms. The SMILES string of the molecule is CC(C)(C)OC(=O)NC(Cc1ccccc1)C(=O)NC(/C=C/C(=O)O)Cc1ccccc1. The van der Waals surface area contributed by atoms with Gasteiger partial charge in [0.2, 0.25) is 5.91 Å². The fourth-order valence-corrected chi connectivity index (χ4v) is 3.03. The molecule has 0 heterocycles. The second-order valence-corrected chi connectivity index (χ2v) is 8.39. The third-order valence-corrected chi connectivity index (χ3v) is 4.39. The lowest BCUT2D eigenvalue weighted by Crippen LogP contribution is -2.51. The number of carbonyl (C=O) groups excluding carboxylic acids is 2. The van der Waals surface area contributed by atoms with Crippen LogP contribution in [-0.2, 0) is 27.2 Å². The Hall–Kier alpha value is -3.61. The normalized spacial score (nSPS) is 13.2. The zero-order valence-electron chi connectivity index (χ0n) is 18.6. The minimum Gasteiger partial charge on any atom is -0.478 e. The molecule has 0 radical (unpaired) electrons. The molecule has 170 valence electrons. The first-order valence-corrected chi connectivity index (χ1v) is 10.4. The molecule has 2 amide bonds. The van der Waals surface area contributed by atoms with Crippen molar-refractivity contribution in [3.05, 3.63) is 83.9 Å². The molecular formula is C25H30N2O5. The monoisotopic (exact) mass is 438 g/mol. The third kappa shape index (κ3) is 9.47. The maximum atomic E-state index is 13.1. The molecule has 7 heteroatoms. The van der Waals surface area contributed by atoms with Gasteiger partial charge in [0.25, 0.3) is 0 Å². The molecule has 0 aliphatic carbocycles. The van der Waals surface area contributed by atoms with Gasteiger partial charge in [-0.3, -0.25) is 4.79 Å². The minimum absolute atomic E-state index is 0.257. The highest BCUT2D eigenvalue weighted by Gasteiger charge is 2.26. The summed E-state index contributed by atoms with van der Waals surface area (Å²) in [5.74, 6) is -1.54. The Morgan fingerprint density at radius 2 is 1.44 bits per heavy atom. The number of rotatable bonds is 9. The van der Waals surface area contributed by atoms with Crippen molar-refractivity contribution in [1.29, 1.82) is 0 Å². The van der Waals surface area contributed by atoms with E-state index in [0.29, 0.717) is 6.42 Å². The molecule has 0 spiro atoms. The lowest BCUT2D eigenvalue weighted by atomic mass is 10.0. The second-order valence-electron chi connectivity index (χ2n) is 8.39. The number of alkyl carbamates (subject to hydrolysis) is 1. The van der Waals surface area contributed by atoms with Crippen LogP contribution in [0.5, 0.6) is 0 Å². The van der Waals surface area contributed by atoms with Crippen LogP contribution < -0.4 is 10.6 Å². The number of hydrogen-bond donors (Lipinski definition) is 3. The summed E-state index contributed by atoms with van der Waals surface area (Å²) in [5.41, 5.74) is 1.09. The van der Waals surface area contributed by atoms with E-state index >= 15 is 0 Å². The number of hydrogen-bond acceptors (Lipinski definition) is 4. The van der Waals surface area contributed by atoms with E-state index in [9.17, 15) is 14.4 Å². The molecule has 2 aromatic rings. The van der Waals surface area contributed by atoms with E-state index in [1.54, 1.807) is 20.8 Å². The number of carbonyl (C=O) groups is 3. The van der Waals surface area contributed by atoms with Gasteiger partial charge in [-0.15, -0.1) is 0 Å². The molecule has 0 saturated carbocycles. The van der Waals surface area contributed by atoms with Crippen molar-refractivity contribution in [1.82, 2.24) is 10.6 Å². The molecule has 0 saturated heterocycles. The Morgan fingerprint density at radius 3 is 1.94 bits per heavy atom. The van der Waals surface area contributed by atoms with Gasteiger partial charge in [-0.05, 0) is 38.3 Å². The summed E-state index contributed by atoms with van der Waals surface area (Å²) < 4.78 is 5.31. The highest BCUT2D eigenvalue weighted by Crippen LogP contribution is 2.10. The van der Waals surface area contributed by atoms with Gasteiger partial charge in [-0.1, -0.05) is 66.7 Å². The average Bonchev–Trinajstić information content (AvgIpc) is 2.71. The molecule has 0 aromatic heterocycles. The predicted octanol–water partition coefficient (Wildman–Crippen LogP) is 3.49. The predicted molar refractivity (Wildman–Crippen MR) is 122 cm³/mol. The number of ether oxygens (including phenoxy) is 1. The summed E-state index contributed by atoms with van der Waals surface area (Å²) in [6, 6.07) is 17.3. The zero-order chi connectivity index (χ0) is 23.6. The van der Waals surface area contributed by atoms with Crippen molar-refractivity contribution < 1.29 is 24.2 Å². The number of carboxylic acids is 1. The quantitative estimate of drug-likeness (QED) is 0.520. The molecular weight excluding hydrogens is 408 g/mol. The number of benzene rings is 2. The van der Waals surface area contributed by atoms with Crippen molar-refractivity contribution in [2.45, 2.75) is 51.3 Å². The van der Waals surface area contributed by atoms with E-state index in [-0.39, 0.29) is 6.42 Å². The maximum Gasteiger partial charge on any atom is 0.408 e. The number of carboxylic acid groups (broad SMARTS) is 1. The van der Waals surface area contributed by atoms with Crippen LogP contribution >= 0.6 is 0 Å². The summed E-state index contributed by atoms with van der Waals surface area (Å²) >= 11 is 0. The van der Waals surface area contributed by atoms with Crippen molar-refractivity contribution >= 4 is 18.0 Å². The first-order chi connectivity index (χ1) is 15.1. The van der Waals surface area contributed by atoms with Crippen molar-refractivity contribution in [3.8, 4) is 0 Å². The van der Waals surface area contributed by atoms with Crippen molar-refractivity contribution in [3.63, 3.8) is 0 Å². The van der Waals surface area contributed by atoms with Gasteiger partial charge >= 0.3 is 12.1 Å². The fourth-order valence-electron chi connectivity index (χ4n) is 3.03. The number of amides is 2. The van der Waals surface area contributed by atoms with Gasteiger partial charge in [-0.2, -0.15) is 0 Å². The Morgan fingerprint density at radius 1 is 0.906 bits per heavy atom. The molecule has 0 bridgehead atoms. The standard InChI is InChI=1S/C25H30N2O5/c1-25(2,3)32-24(31)27-21(17-19-12-8-5-9-13-19)23(30)26-20(14-15-22(28)29)16-18-10-6-4-7-11-18/h4-15,20-21H,16-17H2,1-3H3,(H,26,30)(H,27,31)(H,28,29)/b15-14+. The molecule has 7 nitrogen and oxygen atoms in total. The molecule has 2 unspecified atom stereocenters. The highest BCUT2D eigenvalue weighted by atomic mass is 16.6. The number of aliphatic carboxylic acids is 1. The van der Waals surface area contributed by atoms with Gasteiger partial charge in [0.15, 0.2) is 0 Å². The third-order valence-electron chi connectivity index (χ3n) is 4.39. The molecule has 2 aromatic carbocycles. The van der Waals surface area contributed by atoms with Crippen LogP contribution in [0.1, 0.15) is 31.9 Å². The Balaban J connectivity index is 2.19. The second kappa shape index (κ2) is 11.7.